The van der Waals surface area contributed by atoms with Crippen molar-refractivity contribution in [1.82, 2.24) is 4.98 Å². The van der Waals surface area contributed by atoms with Crippen LogP contribution in [0.4, 0.5) is 5.69 Å². The van der Waals surface area contributed by atoms with Gasteiger partial charge in [0.2, 0.25) is 0 Å². The predicted octanol–water partition coefficient (Wildman–Crippen LogP) is 4.68. The van der Waals surface area contributed by atoms with Crippen LogP contribution in [0.3, 0.4) is 0 Å². The van der Waals surface area contributed by atoms with Gasteiger partial charge < -0.3 is 10.3 Å². The molecule has 0 fully saturated rings. The Bertz CT molecular complexity index is 995. The fraction of sp³-hybridized carbons (Fsp3) is 0.0526. The Hall–Kier alpha value is -3.03. The third-order valence-electron chi connectivity index (χ3n) is 3.80. The third-order valence-corrected chi connectivity index (χ3v) is 4.21. The van der Waals surface area contributed by atoms with Crippen molar-refractivity contribution in [1.29, 1.82) is 5.26 Å². The number of aromatic amines is 1. The van der Waals surface area contributed by atoms with Crippen molar-refractivity contribution >= 4 is 40.2 Å². The molecule has 2 aromatic carbocycles. The fourth-order valence-corrected chi connectivity index (χ4v) is 2.62. The molecule has 3 aromatic rings. The number of nitrogens with zero attached hydrogens (tertiary/aromatic N) is 1. The normalized spacial score (nSPS) is 11.3. The second kappa shape index (κ2) is 6.61. The fourth-order valence-electron chi connectivity index (χ4n) is 2.45. The van der Waals surface area contributed by atoms with Crippen LogP contribution in [0.15, 0.2) is 54.2 Å². The molecule has 118 valence electrons. The molecule has 5 heteroatoms. The van der Waals surface area contributed by atoms with Crippen LogP contribution >= 0.6 is 11.6 Å². The molecule has 0 unspecified atom stereocenters. The zero-order valence-corrected chi connectivity index (χ0v) is 13.7. The van der Waals surface area contributed by atoms with E-state index in [0.717, 1.165) is 22.0 Å². The Morgan fingerprint density at radius 2 is 2.04 bits per heavy atom. The SMILES string of the molecule is Cc1c(Cl)cccc1NC(=O)/C(C#N)=C/c1c[nH]c2ccccc12. The molecular weight excluding hydrogens is 322 g/mol. The molecule has 0 saturated heterocycles. The van der Waals surface area contributed by atoms with Crippen LogP contribution in [0.1, 0.15) is 11.1 Å². The van der Waals surface area contributed by atoms with Crippen molar-refractivity contribution in [2.45, 2.75) is 6.92 Å². The Morgan fingerprint density at radius 3 is 2.83 bits per heavy atom. The number of nitrogens with one attached hydrogen (secondary N) is 2. The molecule has 1 aromatic heterocycles. The van der Waals surface area contributed by atoms with E-state index < -0.39 is 5.91 Å². The number of anilines is 1. The maximum atomic E-state index is 12.4. The summed E-state index contributed by atoms with van der Waals surface area (Å²) in [6, 6.07) is 14.9. The quantitative estimate of drug-likeness (QED) is 0.539. The lowest BCUT2D eigenvalue weighted by atomic mass is 10.1. The Morgan fingerprint density at radius 1 is 1.25 bits per heavy atom. The molecule has 0 spiro atoms. The first-order valence-corrected chi connectivity index (χ1v) is 7.72. The number of hydrogen-bond donors (Lipinski definition) is 2. The van der Waals surface area contributed by atoms with Crippen LogP contribution in [0.25, 0.3) is 17.0 Å². The first-order chi connectivity index (χ1) is 11.6. The standard InChI is InChI=1S/C19H14ClN3O/c1-12-16(20)6-4-8-17(12)23-19(24)13(10-21)9-14-11-22-18-7-3-2-5-15(14)18/h2-9,11,22H,1H3,(H,23,24)/b13-9+. The van der Waals surface area contributed by atoms with E-state index in [1.165, 1.54) is 0 Å². The lowest BCUT2D eigenvalue weighted by Gasteiger charge is -2.08. The molecule has 24 heavy (non-hydrogen) atoms. The molecule has 0 atom stereocenters. The maximum absolute atomic E-state index is 12.4. The van der Waals surface area contributed by atoms with Gasteiger partial charge in [-0.15, -0.1) is 0 Å². The zero-order chi connectivity index (χ0) is 17.1. The van der Waals surface area contributed by atoms with E-state index in [2.05, 4.69) is 10.3 Å². The van der Waals surface area contributed by atoms with Gasteiger partial charge >= 0.3 is 0 Å². The zero-order valence-electron chi connectivity index (χ0n) is 12.9. The summed E-state index contributed by atoms with van der Waals surface area (Å²) in [6.45, 7) is 1.81. The highest BCUT2D eigenvalue weighted by atomic mass is 35.5. The lowest BCUT2D eigenvalue weighted by molar-refractivity contribution is -0.112. The minimum atomic E-state index is -0.465. The number of carbonyl (C=O) groups excluding carboxylic acids is 1. The molecule has 2 N–H and O–H groups in total. The first-order valence-electron chi connectivity index (χ1n) is 7.34. The van der Waals surface area contributed by atoms with Crippen molar-refractivity contribution in [2.24, 2.45) is 0 Å². The molecule has 0 radical (unpaired) electrons. The number of amides is 1. The van der Waals surface area contributed by atoms with E-state index in [0.29, 0.717) is 10.7 Å². The highest BCUT2D eigenvalue weighted by molar-refractivity contribution is 6.31. The van der Waals surface area contributed by atoms with Gasteiger partial charge in [0.25, 0.3) is 5.91 Å². The summed E-state index contributed by atoms with van der Waals surface area (Å²) in [5.41, 5.74) is 3.12. The minimum Gasteiger partial charge on any atom is -0.361 e. The third kappa shape index (κ3) is 3.03. The van der Waals surface area contributed by atoms with Crippen LogP contribution in [0.5, 0.6) is 0 Å². The second-order valence-corrected chi connectivity index (χ2v) is 5.73. The molecule has 1 amide bonds. The molecule has 0 aliphatic rings. The van der Waals surface area contributed by atoms with Crippen molar-refractivity contribution in [2.75, 3.05) is 5.32 Å². The van der Waals surface area contributed by atoms with Gasteiger partial charge in [0.05, 0.1) is 0 Å². The van der Waals surface area contributed by atoms with Crippen LogP contribution < -0.4 is 5.32 Å². The van der Waals surface area contributed by atoms with Gasteiger partial charge in [-0.3, -0.25) is 4.79 Å². The molecule has 0 aliphatic heterocycles. The largest absolute Gasteiger partial charge is 0.361 e. The lowest BCUT2D eigenvalue weighted by Crippen LogP contribution is -2.14. The summed E-state index contributed by atoms with van der Waals surface area (Å²) in [4.78, 5) is 15.5. The molecule has 4 nitrogen and oxygen atoms in total. The molecule has 0 saturated carbocycles. The van der Waals surface area contributed by atoms with Crippen molar-refractivity contribution in [3.63, 3.8) is 0 Å². The van der Waals surface area contributed by atoms with Crippen molar-refractivity contribution in [3.05, 3.63) is 70.4 Å². The average molecular weight is 336 g/mol. The van der Waals surface area contributed by atoms with Crippen molar-refractivity contribution < 1.29 is 4.79 Å². The second-order valence-electron chi connectivity index (χ2n) is 5.33. The van der Waals surface area contributed by atoms with Gasteiger partial charge in [-0.2, -0.15) is 5.26 Å². The van der Waals surface area contributed by atoms with E-state index >= 15 is 0 Å². The van der Waals surface area contributed by atoms with E-state index in [9.17, 15) is 10.1 Å². The molecular formula is C19H14ClN3O. The van der Waals surface area contributed by atoms with Gasteiger partial charge in [0.1, 0.15) is 11.6 Å². The first kappa shape index (κ1) is 15.9. The summed E-state index contributed by atoms with van der Waals surface area (Å²) in [5.74, 6) is -0.465. The Balaban J connectivity index is 1.92. The number of benzene rings is 2. The minimum absolute atomic E-state index is 0.0270. The summed E-state index contributed by atoms with van der Waals surface area (Å²) in [5, 5.41) is 13.6. The van der Waals surface area contributed by atoms with Gasteiger partial charge in [-0.1, -0.05) is 35.9 Å². The predicted molar refractivity (Wildman–Crippen MR) is 96.7 cm³/mol. The van der Waals surface area contributed by atoms with Crippen molar-refractivity contribution in [3.8, 4) is 6.07 Å². The van der Waals surface area contributed by atoms with Gasteiger partial charge in [0, 0.05) is 33.4 Å². The Kier molecular flexibility index (Phi) is 4.37. The van der Waals surface area contributed by atoms with Crippen LogP contribution in [0, 0.1) is 18.3 Å². The molecule has 0 bridgehead atoms. The van der Waals surface area contributed by atoms with E-state index in [1.54, 1.807) is 30.5 Å². The van der Waals surface area contributed by atoms with Gasteiger partial charge in [-0.25, -0.2) is 0 Å². The number of para-hydroxylation sites is 1. The monoisotopic (exact) mass is 335 g/mol. The van der Waals surface area contributed by atoms with E-state index in [-0.39, 0.29) is 5.57 Å². The Labute approximate surface area is 144 Å². The maximum Gasteiger partial charge on any atom is 0.266 e. The number of hydrogen-bond acceptors (Lipinski definition) is 2. The van der Waals surface area contributed by atoms with E-state index in [4.69, 9.17) is 11.6 Å². The number of rotatable bonds is 3. The number of halogens is 1. The van der Waals surface area contributed by atoms with E-state index in [1.807, 2.05) is 37.3 Å². The van der Waals surface area contributed by atoms with Crippen LogP contribution in [-0.4, -0.2) is 10.9 Å². The summed E-state index contributed by atoms with van der Waals surface area (Å²) in [7, 11) is 0. The number of aromatic nitrogens is 1. The van der Waals surface area contributed by atoms with Gasteiger partial charge in [0.15, 0.2) is 0 Å². The number of nitriles is 1. The topological polar surface area (TPSA) is 68.7 Å². The number of H-pyrrole nitrogens is 1. The number of fused-ring (bicyclic) bond motifs is 1. The molecule has 1 heterocycles. The highest BCUT2D eigenvalue weighted by Gasteiger charge is 2.13. The average Bonchev–Trinajstić information content (AvgIpc) is 3.00. The molecule has 0 aliphatic carbocycles. The smallest absolute Gasteiger partial charge is 0.266 e. The van der Waals surface area contributed by atoms with Gasteiger partial charge in [-0.05, 0) is 36.8 Å². The van der Waals surface area contributed by atoms with Crippen LogP contribution in [-0.2, 0) is 4.79 Å². The van der Waals surface area contributed by atoms with Crippen LogP contribution in [0.2, 0.25) is 5.02 Å². The summed E-state index contributed by atoms with van der Waals surface area (Å²) < 4.78 is 0. The number of carbonyl (C=O) groups is 1. The highest BCUT2D eigenvalue weighted by Crippen LogP contribution is 2.24. The molecule has 3 rings (SSSR count). The summed E-state index contributed by atoms with van der Waals surface area (Å²) in [6.07, 6.45) is 3.36. The summed E-state index contributed by atoms with van der Waals surface area (Å²) >= 11 is 6.06.